The van der Waals surface area contributed by atoms with Crippen LogP contribution in [-0.4, -0.2) is 50.4 Å². The molecule has 0 aromatic heterocycles. The molecule has 0 bridgehead atoms. The minimum absolute atomic E-state index is 0.145. The van der Waals surface area contributed by atoms with Crippen LogP contribution in [0, 0.1) is 0 Å². The highest BCUT2D eigenvalue weighted by Crippen LogP contribution is 2.36. The minimum Gasteiger partial charge on any atom is -0.504 e. The molecule has 18 heavy (non-hydrogen) atoms. The first-order valence-corrected chi connectivity index (χ1v) is 5.05. The van der Waals surface area contributed by atoms with E-state index in [0.717, 1.165) is 0 Å². The van der Waals surface area contributed by atoms with Crippen molar-refractivity contribution in [3.8, 4) is 17.2 Å². The molecule has 7 heteroatoms. The monoisotopic (exact) mass is 255 g/mol. The highest BCUT2D eigenvalue weighted by atomic mass is 16.4. The molecule has 0 saturated carbocycles. The van der Waals surface area contributed by atoms with E-state index in [-0.39, 0.29) is 12.1 Å². The predicted molar refractivity (Wildman–Crippen MR) is 62.2 cm³/mol. The number of aliphatic hydroxyl groups is 1. The van der Waals surface area contributed by atoms with Crippen LogP contribution in [0.2, 0.25) is 0 Å². The molecule has 0 radical (unpaired) electrons. The Morgan fingerprint density at radius 1 is 1.28 bits per heavy atom. The highest BCUT2D eigenvalue weighted by molar-refractivity contribution is 5.85. The van der Waals surface area contributed by atoms with Gasteiger partial charge in [0.05, 0.1) is 19.1 Å². The normalized spacial score (nSPS) is 12.7. The number of phenolic OH excluding ortho intramolecular Hbond substituents is 3. The number of carbonyl (C=O) groups is 1. The molecule has 7 nitrogen and oxygen atoms in total. The van der Waals surface area contributed by atoms with E-state index < -0.39 is 35.7 Å². The third-order valence-electron chi connectivity index (χ3n) is 2.12. The Hall–Kier alpha value is -2.28. The maximum atomic E-state index is 10.3. The third-order valence-corrected chi connectivity index (χ3v) is 2.12. The second-order valence-electron chi connectivity index (χ2n) is 3.62. The van der Waals surface area contributed by atoms with Crippen LogP contribution in [0.15, 0.2) is 17.1 Å². The molecule has 0 aliphatic carbocycles. The smallest absolute Gasteiger partial charge is 0.306 e. The van der Waals surface area contributed by atoms with Crippen molar-refractivity contribution in [1.29, 1.82) is 0 Å². The van der Waals surface area contributed by atoms with Crippen LogP contribution in [0.1, 0.15) is 12.0 Å². The van der Waals surface area contributed by atoms with Crippen molar-refractivity contribution in [2.24, 2.45) is 4.99 Å². The van der Waals surface area contributed by atoms with Gasteiger partial charge in [-0.1, -0.05) is 0 Å². The molecule has 5 N–H and O–H groups in total. The molecular formula is C11H13NO6. The number of aliphatic imine (C=N–C) groups is 1. The lowest BCUT2D eigenvalue weighted by atomic mass is 10.2. The van der Waals surface area contributed by atoms with Gasteiger partial charge in [-0.05, 0) is 12.1 Å². The van der Waals surface area contributed by atoms with Crippen molar-refractivity contribution in [2.75, 3.05) is 6.54 Å². The molecular weight excluding hydrogens is 242 g/mol. The Morgan fingerprint density at radius 2 is 1.94 bits per heavy atom. The first-order valence-electron chi connectivity index (χ1n) is 5.05. The number of hydrogen-bond acceptors (Lipinski definition) is 6. The Labute approximate surface area is 102 Å². The van der Waals surface area contributed by atoms with Gasteiger partial charge < -0.3 is 25.5 Å². The summed E-state index contributed by atoms with van der Waals surface area (Å²) in [6, 6.07) is 2.49. The summed E-state index contributed by atoms with van der Waals surface area (Å²) in [6.45, 7) is -0.145. The summed E-state index contributed by atoms with van der Waals surface area (Å²) in [4.78, 5) is 14.0. The summed E-state index contributed by atoms with van der Waals surface area (Å²) >= 11 is 0. The maximum Gasteiger partial charge on any atom is 0.306 e. The number of rotatable bonds is 5. The minimum atomic E-state index is -1.14. The van der Waals surface area contributed by atoms with E-state index in [2.05, 4.69) is 4.99 Å². The number of aliphatic hydroxyl groups excluding tert-OH is 1. The van der Waals surface area contributed by atoms with Gasteiger partial charge in [-0.15, -0.1) is 0 Å². The molecule has 1 rings (SSSR count). The van der Waals surface area contributed by atoms with Crippen LogP contribution in [0.5, 0.6) is 17.2 Å². The summed E-state index contributed by atoms with van der Waals surface area (Å²) in [6.07, 6.45) is -0.379. The number of phenols is 3. The largest absolute Gasteiger partial charge is 0.504 e. The van der Waals surface area contributed by atoms with Crippen LogP contribution in [0.25, 0.3) is 0 Å². The van der Waals surface area contributed by atoms with E-state index in [4.69, 9.17) is 10.2 Å². The van der Waals surface area contributed by atoms with Crippen molar-refractivity contribution in [3.63, 3.8) is 0 Å². The summed E-state index contributed by atoms with van der Waals surface area (Å²) in [5, 5.41) is 45.4. The Balaban J connectivity index is 2.68. The summed E-state index contributed by atoms with van der Waals surface area (Å²) < 4.78 is 0. The standard InChI is InChI=1S/C11H13NO6/c13-7(3-9(15)16)5-12-4-6-1-2-8(14)11(18)10(6)17/h1-2,4,7,13-14,17-18H,3,5H2,(H,15,16). The highest BCUT2D eigenvalue weighted by Gasteiger charge is 2.10. The van der Waals surface area contributed by atoms with E-state index >= 15 is 0 Å². The molecule has 0 heterocycles. The second kappa shape index (κ2) is 5.87. The van der Waals surface area contributed by atoms with Crippen LogP contribution in [-0.2, 0) is 4.79 Å². The van der Waals surface area contributed by atoms with Gasteiger partial charge in [0, 0.05) is 11.8 Å². The number of carboxylic acids is 1. The van der Waals surface area contributed by atoms with E-state index in [0.29, 0.717) is 0 Å². The fraction of sp³-hybridized carbons (Fsp3) is 0.273. The molecule has 98 valence electrons. The lowest BCUT2D eigenvalue weighted by Crippen LogP contribution is -2.16. The van der Waals surface area contributed by atoms with Crippen molar-refractivity contribution in [2.45, 2.75) is 12.5 Å². The second-order valence-corrected chi connectivity index (χ2v) is 3.62. The molecule has 0 aliphatic heterocycles. The fourth-order valence-electron chi connectivity index (χ4n) is 1.23. The molecule has 0 spiro atoms. The average Bonchev–Trinajstić information content (AvgIpc) is 2.28. The van der Waals surface area contributed by atoms with E-state index in [1.165, 1.54) is 18.3 Å². The average molecular weight is 255 g/mol. The third kappa shape index (κ3) is 3.63. The van der Waals surface area contributed by atoms with Crippen LogP contribution in [0.3, 0.4) is 0 Å². The summed E-state index contributed by atoms with van der Waals surface area (Å²) in [5.74, 6) is -2.80. The summed E-state index contributed by atoms with van der Waals surface area (Å²) in [5.41, 5.74) is 0.146. The van der Waals surface area contributed by atoms with Crippen LogP contribution in [0.4, 0.5) is 0 Å². The molecule has 1 aromatic rings. The van der Waals surface area contributed by atoms with Gasteiger partial charge in [-0.2, -0.15) is 0 Å². The van der Waals surface area contributed by atoms with E-state index in [1.54, 1.807) is 0 Å². The molecule has 0 amide bonds. The molecule has 0 saturated heterocycles. The number of hydrogen-bond donors (Lipinski definition) is 5. The van der Waals surface area contributed by atoms with Gasteiger partial charge in [-0.25, -0.2) is 0 Å². The van der Waals surface area contributed by atoms with E-state index in [9.17, 15) is 20.1 Å². The zero-order chi connectivity index (χ0) is 13.7. The van der Waals surface area contributed by atoms with Crippen molar-refractivity contribution < 1.29 is 30.3 Å². The van der Waals surface area contributed by atoms with Gasteiger partial charge in [0.15, 0.2) is 11.5 Å². The number of carboxylic acid groups (broad SMARTS) is 1. The lowest BCUT2D eigenvalue weighted by molar-refractivity contribution is -0.139. The van der Waals surface area contributed by atoms with Crippen molar-refractivity contribution in [1.82, 2.24) is 0 Å². The number of aliphatic carboxylic acids is 1. The predicted octanol–water partition coefficient (Wildman–Crippen LogP) is 0.0579. The molecule has 1 aromatic carbocycles. The SMILES string of the molecule is O=C(O)CC(O)CN=Cc1ccc(O)c(O)c1O. The molecule has 0 aliphatic rings. The van der Waals surface area contributed by atoms with Gasteiger partial charge in [-0.3, -0.25) is 9.79 Å². The Bertz CT molecular complexity index is 471. The maximum absolute atomic E-state index is 10.3. The van der Waals surface area contributed by atoms with E-state index in [1.807, 2.05) is 0 Å². The van der Waals surface area contributed by atoms with Crippen molar-refractivity contribution in [3.05, 3.63) is 17.7 Å². The van der Waals surface area contributed by atoms with Crippen LogP contribution < -0.4 is 0 Å². The topological polar surface area (TPSA) is 131 Å². The lowest BCUT2D eigenvalue weighted by Gasteiger charge is -2.05. The Kier molecular flexibility index (Phi) is 4.50. The Morgan fingerprint density at radius 3 is 2.56 bits per heavy atom. The zero-order valence-corrected chi connectivity index (χ0v) is 9.32. The number of benzene rings is 1. The first kappa shape index (κ1) is 13.8. The zero-order valence-electron chi connectivity index (χ0n) is 9.32. The number of aromatic hydroxyl groups is 3. The number of nitrogens with zero attached hydrogens (tertiary/aromatic N) is 1. The van der Waals surface area contributed by atoms with Gasteiger partial charge in [0.2, 0.25) is 5.75 Å². The quantitative estimate of drug-likeness (QED) is 0.373. The van der Waals surface area contributed by atoms with Gasteiger partial charge >= 0.3 is 5.97 Å². The van der Waals surface area contributed by atoms with Gasteiger partial charge in [0.1, 0.15) is 0 Å². The fourth-order valence-corrected chi connectivity index (χ4v) is 1.23. The summed E-state index contributed by atoms with van der Waals surface area (Å²) in [7, 11) is 0. The van der Waals surface area contributed by atoms with Crippen molar-refractivity contribution >= 4 is 12.2 Å². The molecule has 1 unspecified atom stereocenters. The first-order chi connectivity index (χ1) is 8.41. The van der Waals surface area contributed by atoms with Gasteiger partial charge in [0.25, 0.3) is 0 Å². The molecule has 1 atom stereocenters. The molecule has 0 fully saturated rings. The van der Waals surface area contributed by atoms with Crippen LogP contribution >= 0.6 is 0 Å².